The van der Waals surface area contributed by atoms with E-state index >= 15 is 0 Å². The molecule has 2 fully saturated rings. The van der Waals surface area contributed by atoms with Crippen LogP contribution in [0.1, 0.15) is 29.9 Å². The smallest absolute Gasteiger partial charge is 0.282 e. The van der Waals surface area contributed by atoms with Gasteiger partial charge < -0.3 is 4.90 Å². The number of rotatable bonds is 6. The van der Waals surface area contributed by atoms with Crippen LogP contribution in [0.5, 0.6) is 0 Å². The van der Waals surface area contributed by atoms with Crippen molar-refractivity contribution in [3.8, 4) is 6.07 Å². The van der Waals surface area contributed by atoms with Crippen LogP contribution in [0.3, 0.4) is 0 Å². The molecule has 1 aromatic rings. The Balaban J connectivity index is 1.67. The van der Waals surface area contributed by atoms with Gasteiger partial charge in [0, 0.05) is 31.5 Å². The predicted molar refractivity (Wildman–Crippen MR) is 102 cm³/mol. The van der Waals surface area contributed by atoms with Crippen LogP contribution in [0.25, 0.3) is 0 Å². The maximum Gasteiger partial charge on any atom is 0.282 e. The normalized spacial score (nSPS) is 20.7. The van der Waals surface area contributed by atoms with E-state index in [0.717, 1.165) is 6.26 Å². The lowest BCUT2D eigenvalue weighted by Crippen LogP contribution is -2.53. The third-order valence-electron chi connectivity index (χ3n) is 4.63. The van der Waals surface area contributed by atoms with E-state index in [-0.39, 0.29) is 25.4 Å². The highest BCUT2D eigenvalue weighted by molar-refractivity contribution is 8.05. The lowest BCUT2D eigenvalue weighted by atomic mass is 9.87. The Morgan fingerprint density at radius 3 is 2.52 bits per heavy atom. The number of anilines is 1. The van der Waals surface area contributed by atoms with E-state index in [1.165, 1.54) is 0 Å². The minimum absolute atomic E-state index is 0.204. The van der Waals surface area contributed by atoms with Gasteiger partial charge in [-0.15, -0.1) is 0 Å². The Labute approximate surface area is 168 Å². The Bertz CT molecular complexity index is 1100. The molecule has 0 radical (unpaired) electrons. The quantitative estimate of drug-likeness (QED) is 0.460. The first-order valence-corrected chi connectivity index (χ1v) is 12.3. The fourth-order valence-corrected chi connectivity index (χ4v) is 6.20. The van der Waals surface area contributed by atoms with Crippen molar-refractivity contribution in [3.05, 3.63) is 29.3 Å². The second-order valence-corrected chi connectivity index (χ2v) is 11.2. The summed E-state index contributed by atoms with van der Waals surface area (Å²) in [6, 6.07) is 7.02. The summed E-state index contributed by atoms with van der Waals surface area (Å²) < 4.78 is 50.7. The van der Waals surface area contributed by atoms with Gasteiger partial charge in [0.2, 0.25) is 11.8 Å². The lowest BCUT2D eigenvalue weighted by Gasteiger charge is -2.40. The summed E-state index contributed by atoms with van der Waals surface area (Å²) in [7, 11) is -7.91. The van der Waals surface area contributed by atoms with E-state index in [0.29, 0.717) is 23.2 Å². The lowest BCUT2D eigenvalue weighted by molar-refractivity contribution is -0.134. The summed E-state index contributed by atoms with van der Waals surface area (Å²) >= 11 is 0. The van der Waals surface area contributed by atoms with Crippen molar-refractivity contribution in [1.82, 2.24) is 5.32 Å². The van der Waals surface area contributed by atoms with E-state index in [4.69, 9.17) is 4.18 Å². The second-order valence-electron chi connectivity index (χ2n) is 7.11. The zero-order valence-electron chi connectivity index (χ0n) is 15.5. The molecule has 0 spiro atoms. The zero-order valence-corrected chi connectivity index (χ0v) is 17.1. The van der Waals surface area contributed by atoms with E-state index in [9.17, 15) is 31.7 Å². The first kappa shape index (κ1) is 21.2. The first-order chi connectivity index (χ1) is 13.5. The maximum absolute atomic E-state index is 12.1. The number of hydrogen-bond acceptors (Lipinski definition) is 9. The number of nitrogens with one attached hydrogen (secondary N) is 1. The number of carbonyl (C=O) groups is 2. The number of amides is 2. The topological polar surface area (TPSA) is 151 Å². The van der Waals surface area contributed by atoms with Gasteiger partial charge in [-0.05, 0) is 24.1 Å². The molecule has 1 unspecified atom stereocenters. The number of imide groups is 1. The van der Waals surface area contributed by atoms with E-state index in [2.05, 4.69) is 11.4 Å². The summed E-state index contributed by atoms with van der Waals surface area (Å²) in [4.78, 5) is 25.1. The summed E-state index contributed by atoms with van der Waals surface area (Å²) in [6.45, 7) is 0.428. The van der Waals surface area contributed by atoms with E-state index in [1.807, 2.05) is 0 Å². The van der Waals surface area contributed by atoms with Crippen LogP contribution in [-0.4, -0.2) is 59.2 Å². The van der Waals surface area contributed by atoms with Gasteiger partial charge in [0.05, 0.1) is 17.6 Å². The number of piperidine rings is 1. The van der Waals surface area contributed by atoms with Crippen LogP contribution < -0.4 is 10.2 Å². The highest BCUT2D eigenvalue weighted by Crippen LogP contribution is 2.32. The average molecular weight is 441 g/mol. The summed E-state index contributed by atoms with van der Waals surface area (Å²) in [5.74, 6) is -1.34. The largest absolute Gasteiger partial charge is 0.366 e. The number of nitriles is 1. The van der Waals surface area contributed by atoms with Gasteiger partial charge in [-0.3, -0.25) is 19.1 Å². The van der Waals surface area contributed by atoms with Crippen molar-refractivity contribution in [3.63, 3.8) is 0 Å². The van der Waals surface area contributed by atoms with Crippen LogP contribution in [0.15, 0.2) is 18.2 Å². The minimum Gasteiger partial charge on any atom is -0.366 e. The van der Waals surface area contributed by atoms with Crippen LogP contribution in [0.4, 0.5) is 5.69 Å². The fourth-order valence-electron chi connectivity index (χ4n) is 3.34. The first-order valence-electron chi connectivity index (χ1n) is 8.69. The molecular formula is C17H19N3O7S2. The standard InChI is InChI=1S/C17H19N3O7S2/c1-28(23,24)10-29(25,26)27-13-8-20(9-13)12-2-3-14(11(6-12)7-18)15-4-5-16(21)19-17(15)22/h2-3,6,13,15H,4-5,8-10H2,1H3,(H,19,21,22). The number of sulfone groups is 1. The van der Waals surface area contributed by atoms with Gasteiger partial charge in [-0.25, -0.2) is 8.42 Å². The Morgan fingerprint density at radius 1 is 1.24 bits per heavy atom. The molecule has 2 amide bonds. The Kier molecular flexibility index (Phi) is 5.66. The molecule has 1 N–H and O–H groups in total. The van der Waals surface area contributed by atoms with Crippen molar-refractivity contribution in [2.75, 3.05) is 29.3 Å². The third-order valence-corrected chi connectivity index (χ3v) is 8.06. The van der Waals surface area contributed by atoms with Gasteiger partial charge in [0.25, 0.3) is 10.1 Å². The molecular weight excluding hydrogens is 422 g/mol. The van der Waals surface area contributed by atoms with E-state index < -0.39 is 43.0 Å². The summed E-state index contributed by atoms with van der Waals surface area (Å²) in [5, 5.41) is 10.7. The monoisotopic (exact) mass is 441 g/mol. The molecule has 0 aliphatic carbocycles. The SMILES string of the molecule is CS(=O)(=O)CS(=O)(=O)OC1CN(c2ccc(C3CCC(=O)NC3=O)c(C#N)c2)C1. The van der Waals surface area contributed by atoms with Crippen molar-refractivity contribution < 1.29 is 30.6 Å². The van der Waals surface area contributed by atoms with Gasteiger partial charge in [-0.1, -0.05) is 6.07 Å². The fraction of sp³-hybridized carbons (Fsp3) is 0.471. The van der Waals surface area contributed by atoms with Crippen molar-refractivity contribution >= 4 is 37.5 Å². The Hall–Kier alpha value is -2.49. The van der Waals surface area contributed by atoms with Crippen LogP contribution in [-0.2, 0) is 33.7 Å². The summed E-state index contributed by atoms with van der Waals surface area (Å²) in [6.07, 6.45) is 0.670. The van der Waals surface area contributed by atoms with Crippen LogP contribution in [0, 0.1) is 11.3 Å². The molecule has 2 aliphatic heterocycles. The molecule has 0 aromatic heterocycles. The van der Waals surface area contributed by atoms with Gasteiger partial charge in [0.1, 0.15) is 6.10 Å². The number of hydrogen-bond donors (Lipinski definition) is 1. The molecule has 2 saturated heterocycles. The zero-order chi connectivity index (χ0) is 21.4. The van der Waals surface area contributed by atoms with Gasteiger partial charge >= 0.3 is 0 Å². The number of nitrogens with zero attached hydrogens (tertiary/aromatic N) is 2. The maximum atomic E-state index is 12.1. The molecule has 156 valence electrons. The minimum atomic E-state index is -4.19. The molecule has 1 atom stereocenters. The molecule has 12 heteroatoms. The van der Waals surface area contributed by atoms with Crippen molar-refractivity contribution in [2.45, 2.75) is 24.9 Å². The second kappa shape index (κ2) is 7.74. The predicted octanol–water partition coefficient (Wildman–Crippen LogP) is -0.384. The van der Waals surface area contributed by atoms with E-state index in [1.54, 1.807) is 23.1 Å². The molecule has 0 bridgehead atoms. The molecule has 29 heavy (non-hydrogen) atoms. The average Bonchev–Trinajstić information content (AvgIpc) is 2.55. The molecule has 2 aliphatic rings. The number of carbonyl (C=O) groups excluding carboxylic acids is 2. The van der Waals surface area contributed by atoms with Crippen LogP contribution >= 0.6 is 0 Å². The summed E-state index contributed by atoms with van der Waals surface area (Å²) in [5.41, 5.74) is 1.48. The molecule has 0 saturated carbocycles. The molecule has 3 rings (SSSR count). The van der Waals surface area contributed by atoms with Gasteiger partial charge in [-0.2, -0.15) is 13.7 Å². The highest BCUT2D eigenvalue weighted by atomic mass is 32.3. The number of benzene rings is 1. The molecule has 1 aromatic carbocycles. The van der Waals surface area contributed by atoms with Crippen molar-refractivity contribution in [1.29, 1.82) is 5.26 Å². The highest BCUT2D eigenvalue weighted by Gasteiger charge is 2.34. The molecule has 10 nitrogen and oxygen atoms in total. The van der Waals surface area contributed by atoms with Gasteiger partial charge in [0.15, 0.2) is 14.9 Å². The Morgan fingerprint density at radius 2 is 1.93 bits per heavy atom. The van der Waals surface area contributed by atoms with Crippen LogP contribution in [0.2, 0.25) is 0 Å². The van der Waals surface area contributed by atoms with Crippen molar-refractivity contribution in [2.24, 2.45) is 0 Å². The third kappa shape index (κ3) is 5.11. The molecule has 2 heterocycles.